The molecular weight excluding hydrogens is 294 g/mol. The molecule has 0 spiro atoms. The fraction of sp³-hybridized carbons (Fsp3) is 0.412. The molecule has 1 atom stereocenters. The van der Waals surface area contributed by atoms with Gasteiger partial charge < -0.3 is 11.1 Å². The number of thiazole rings is 1. The minimum Gasteiger partial charge on any atom is -0.354 e. The molecule has 0 radical (unpaired) electrons. The number of nitrogens with two attached hydrogens (primary N) is 1. The van der Waals surface area contributed by atoms with E-state index in [9.17, 15) is 4.79 Å². The van der Waals surface area contributed by atoms with Crippen LogP contribution in [0.15, 0.2) is 35.2 Å². The number of nitrogens with zero attached hydrogens (tertiary/aromatic N) is 1. The lowest BCUT2D eigenvalue weighted by Gasteiger charge is -2.14. The highest BCUT2D eigenvalue weighted by Crippen LogP contribution is 2.17. The van der Waals surface area contributed by atoms with Crippen molar-refractivity contribution in [3.05, 3.63) is 52.0 Å². The normalized spacial score (nSPS) is 12.4. The van der Waals surface area contributed by atoms with Crippen LogP contribution in [-0.2, 0) is 11.2 Å². The molecule has 0 aliphatic carbocycles. The predicted octanol–water partition coefficient (Wildman–Crippen LogP) is 3.02. The molecule has 0 bridgehead atoms. The van der Waals surface area contributed by atoms with Crippen molar-refractivity contribution in [1.29, 1.82) is 0 Å². The molecule has 0 saturated heterocycles. The molecule has 1 amide bonds. The second kappa shape index (κ2) is 8.06. The van der Waals surface area contributed by atoms with Gasteiger partial charge in [-0.1, -0.05) is 38.1 Å². The average Bonchev–Trinajstić information content (AvgIpc) is 3.04. The molecule has 1 aromatic heterocycles. The van der Waals surface area contributed by atoms with E-state index in [2.05, 4.69) is 36.3 Å². The second-order valence-corrected chi connectivity index (χ2v) is 6.43. The van der Waals surface area contributed by atoms with Gasteiger partial charge >= 0.3 is 0 Å². The van der Waals surface area contributed by atoms with Crippen LogP contribution in [0.1, 0.15) is 49.0 Å². The first-order chi connectivity index (χ1) is 10.6. The van der Waals surface area contributed by atoms with Crippen molar-refractivity contribution in [2.24, 2.45) is 5.73 Å². The topological polar surface area (TPSA) is 68.0 Å². The number of hydrogen-bond acceptors (Lipinski definition) is 4. The largest absolute Gasteiger partial charge is 0.354 e. The van der Waals surface area contributed by atoms with Crippen LogP contribution < -0.4 is 11.1 Å². The van der Waals surface area contributed by atoms with E-state index in [1.807, 2.05) is 17.5 Å². The number of aromatic nitrogens is 1. The Kier molecular flexibility index (Phi) is 6.10. The smallest absolute Gasteiger partial charge is 0.220 e. The summed E-state index contributed by atoms with van der Waals surface area (Å²) < 4.78 is 0. The highest BCUT2D eigenvalue weighted by Gasteiger charge is 2.09. The number of aryl methyl sites for hydroxylation is 1. The number of carbonyl (C=O) groups is 1. The predicted molar refractivity (Wildman–Crippen MR) is 90.9 cm³/mol. The van der Waals surface area contributed by atoms with Crippen molar-refractivity contribution in [2.75, 3.05) is 6.54 Å². The lowest BCUT2D eigenvalue weighted by Crippen LogP contribution is -2.32. The lowest BCUT2D eigenvalue weighted by molar-refractivity contribution is -0.121. The highest BCUT2D eigenvalue weighted by molar-refractivity contribution is 7.07. The molecule has 1 aromatic carbocycles. The standard InChI is InChI=1S/C17H23N3OS/c1-12(2)13-3-5-14(6-4-13)16(18)9-19-17(21)8-7-15-10-22-11-20-15/h3-6,10-12,16H,7-9,18H2,1-2H3,(H,19,21). The molecule has 4 nitrogen and oxygen atoms in total. The molecule has 118 valence electrons. The van der Waals surface area contributed by atoms with E-state index in [0.29, 0.717) is 25.3 Å². The maximum absolute atomic E-state index is 11.8. The van der Waals surface area contributed by atoms with E-state index in [4.69, 9.17) is 5.73 Å². The fourth-order valence-corrected chi connectivity index (χ4v) is 2.75. The molecule has 0 saturated carbocycles. The molecule has 1 unspecified atom stereocenters. The third-order valence-electron chi connectivity index (χ3n) is 3.64. The van der Waals surface area contributed by atoms with Crippen LogP contribution in [0.25, 0.3) is 0 Å². The summed E-state index contributed by atoms with van der Waals surface area (Å²) in [6, 6.07) is 8.11. The lowest BCUT2D eigenvalue weighted by atomic mass is 9.99. The van der Waals surface area contributed by atoms with Gasteiger partial charge in [0.15, 0.2) is 0 Å². The summed E-state index contributed by atoms with van der Waals surface area (Å²) in [7, 11) is 0. The minimum absolute atomic E-state index is 0.0160. The number of carbonyl (C=O) groups excluding carboxylic acids is 1. The van der Waals surface area contributed by atoms with E-state index < -0.39 is 0 Å². The second-order valence-electron chi connectivity index (χ2n) is 5.71. The van der Waals surface area contributed by atoms with Crippen molar-refractivity contribution in [1.82, 2.24) is 10.3 Å². The number of nitrogens with one attached hydrogen (secondary N) is 1. The first kappa shape index (κ1) is 16.6. The zero-order chi connectivity index (χ0) is 15.9. The van der Waals surface area contributed by atoms with Gasteiger partial charge in [0, 0.05) is 24.4 Å². The minimum atomic E-state index is -0.176. The van der Waals surface area contributed by atoms with Gasteiger partial charge in [-0.15, -0.1) is 11.3 Å². The summed E-state index contributed by atoms with van der Waals surface area (Å²) in [6.07, 6.45) is 1.12. The Hall–Kier alpha value is -1.72. The van der Waals surface area contributed by atoms with Crippen molar-refractivity contribution in [3.63, 3.8) is 0 Å². The van der Waals surface area contributed by atoms with Crippen LogP contribution in [0.2, 0.25) is 0 Å². The van der Waals surface area contributed by atoms with Gasteiger partial charge in [-0.2, -0.15) is 0 Å². The Morgan fingerprint density at radius 3 is 2.55 bits per heavy atom. The Balaban J connectivity index is 1.76. The highest BCUT2D eigenvalue weighted by atomic mass is 32.1. The fourth-order valence-electron chi connectivity index (χ4n) is 2.16. The summed E-state index contributed by atoms with van der Waals surface area (Å²) in [5.41, 5.74) is 11.2. The summed E-state index contributed by atoms with van der Waals surface area (Å²) in [5.74, 6) is 0.526. The zero-order valence-electron chi connectivity index (χ0n) is 13.1. The van der Waals surface area contributed by atoms with Gasteiger partial charge in [0.1, 0.15) is 0 Å². The van der Waals surface area contributed by atoms with E-state index in [0.717, 1.165) is 11.3 Å². The third-order valence-corrected chi connectivity index (χ3v) is 4.28. The molecule has 5 heteroatoms. The van der Waals surface area contributed by atoms with Gasteiger partial charge in [-0.3, -0.25) is 4.79 Å². The van der Waals surface area contributed by atoms with Crippen LogP contribution in [0, 0.1) is 0 Å². The van der Waals surface area contributed by atoms with E-state index in [1.54, 1.807) is 16.8 Å². The number of amides is 1. The number of rotatable bonds is 7. The maximum atomic E-state index is 11.8. The van der Waals surface area contributed by atoms with Crippen LogP contribution in [0.5, 0.6) is 0 Å². The summed E-state index contributed by atoms with van der Waals surface area (Å²) in [5, 5.41) is 4.86. The van der Waals surface area contributed by atoms with Gasteiger partial charge in [0.25, 0.3) is 0 Å². The quantitative estimate of drug-likeness (QED) is 0.825. The Morgan fingerprint density at radius 2 is 1.95 bits per heavy atom. The van der Waals surface area contributed by atoms with E-state index in [-0.39, 0.29) is 11.9 Å². The monoisotopic (exact) mass is 317 g/mol. The summed E-state index contributed by atoms with van der Waals surface area (Å²) in [6.45, 7) is 4.78. The molecule has 2 aromatic rings. The van der Waals surface area contributed by atoms with Gasteiger partial charge in [-0.05, 0) is 23.5 Å². The van der Waals surface area contributed by atoms with Gasteiger partial charge in [0.2, 0.25) is 5.91 Å². The first-order valence-electron chi connectivity index (χ1n) is 7.55. The molecule has 0 fully saturated rings. The molecule has 0 aliphatic rings. The summed E-state index contributed by atoms with van der Waals surface area (Å²) in [4.78, 5) is 16.0. The Labute approximate surface area is 135 Å². The molecule has 1 heterocycles. The van der Waals surface area contributed by atoms with Crippen molar-refractivity contribution in [2.45, 2.75) is 38.6 Å². The summed E-state index contributed by atoms with van der Waals surface area (Å²) >= 11 is 1.55. The van der Waals surface area contributed by atoms with Crippen LogP contribution in [-0.4, -0.2) is 17.4 Å². The Bertz CT molecular complexity index is 578. The molecule has 3 N–H and O–H groups in total. The van der Waals surface area contributed by atoms with Crippen molar-refractivity contribution >= 4 is 17.2 Å². The molecule has 2 rings (SSSR count). The van der Waals surface area contributed by atoms with Crippen LogP contribution in [0.4, 0.5) is 0 Å². The maximum Gasteiger partial charge on any atom is 0.220 e. The zero-order valence-corrected chi connectivity index (χ0v) is 13.9. The van der Waals surface area contributed by atoms with Gasteiger partial charge in [0.05, 0.1) is 11.2 Å². The SMILES string of the molecule is CC(C)c1ccc(C(N)CNC(=O)CCc2cscn2)cc1. The Morgan fingerprint density at radius 1 is 1.27 bits per heavy atom. The number of hydrogen-bond donors (Lipinski definition) is 2. The van der Waals surface area contributed by atoms with Gasteiger partial charge in [-0.25, -0.2) is 4.98 Å². The van der Waals surface area contributed by atoms with Crippen LogP contribution >= 0.6 is 11.3 Å². The van der Waals surface area contributed by atoms with E-state index in [1.165, 1.54) is 5.56 Å². The van der Waals surface area contributed by atoms with Crippen molar-refractivity contribution in [3.8, 4) is 0 Å². The first-order valence-corrected chi connectivity index (χ1v) is 8.49. The molecular formula is C17H23N3OS. The van der Waals surface area contributed by atoms with Crippen molar-refractivity contribution < 1.29 is 4.79 Å². The molecule has 0 aliphatic heterocycles. The number of benzene rings is 1. The third kappa shape index (κ3) is 4.93. The molecule has 22 heavy (non-hydrogen) atoms. The van der Waals surface area contributed by atoms with E-state index >= 15 is 0 Å². The average molecular weight is 317 g/mol. The van der Waals surface area contributed by atoms with Crippen LogP contribution in [0.3, 0.4) is 0 Å².